The van der Waals surface area contributed by atoms with E-state index in [1.807, 2.05) is 42.5 Å². The summed E-state index contributed by atoms with van der Waals surface area (Å²) in [6.45, 7) is 0.629. The number of rotatable bonds is 7. The Bertz CT molecular complexity index is 1240. The summed E-state index contributed by atoms with van der Waals surface area (Å²) >= 11 is 4.84. The fraction of sp³-hybridized carbons (Fsp3) is 0.143. The number of hydrogen-bond acceptors (Lipinski definition) is 5. The van der Waals surface area contributed by atoms with Gasteiger partial charge in [-0.15, -0.1) is 5.10 Å². The summed E-state index contributed by atoms with van der Waals surface area (Å²) in [6.07, 6.45) is 1.64. The molecule has 0 radical (unpaired) electrons. The molecule has 9 heteroatoms. The van der Waals surface area contributed by atoms with Gasteiger partial charge in [0.2, 0.25) is 11.1 Å². The zero-order valence-corrected chi connectivity index (χ0v) is 18.2. The number of nitrogens with one attached hydrogen (secondary N) is 2. The first-order chi connectivity index (χ1) is 14.6. The van der Waals surface area contributed by atoms with Crippen LogP contribution in [0, 0.1) is 0 Å². The molecule has 4 rings (SSSR count). The van der Waals surface area contributed by atoms with E-state index in [0.717, 1.165) is 21.4 Å². The summed E-state index contributed by atoms with van der Waals surface area (Å²) in [4.78, 5) is 28.9. The zero-order valence-electron chi connectivity index (χ0n) is 15.8. The van der Waals surface area contributed by atoms with Gasteiger partial charge in [0.05, 0.1) is 5.52 Å². The standard InChI is InChI=1S/C21H18BrN5O2S/c22-15-6-7-17-16(12-15)18(28)8-10-27(17)13-19(29)23-9-11-30-21-24-20(25-26-21)14-4-2-1-3-5-14/h1-8,10,12H,9,11,13H2,(H,23,29)(H,24,25,26). The van der Waals surface area contributed by atoms with Crippen molar-refractivity contribution in [1.82, 2.24) is 25.1 Å². The van der Waals surface area contributed by atoms with Crippen LogP contribution in [0.15, 0.2) is 75.2 Å². The number of hydrogen-bond donors (Lipinski definition) is 2. The molecule has 0 aliphatic carbocycles. The van der Waals surface area contributed by atoms with Gasteiger partial charge < -0.3 is 9.88 Å². The first-order valence-electron chi connectivity index (χ1n) is 9.26. The molecule has 2 aromatic carbocycles. The molecular weight excluding hydrogens is 466 g/mol. The number of thioether (sulfide) groups is 1. The molecule has 1 amide bonds. The zero-order chi connectivity index (χ0) is 20.9. The second kappa shape index (κ2) is 9.27. The van der Waals surface area contributed by atoms with Crippen molar-refractivity contribution in [1.29, 1.82) is 0 Å². The molecule has 0 spiro atoms. The number of aromatic amines is 1. The van der Waals surface area contributed by atoms with Crippen molar-refractivity contribution in [3.05, 3.63) is 75.5 Å². The van der Waals surface area contributed by atoms with Gasteiger partial charge in [-0.2, -0.15) is 0 Å². The van der Waals surface area contributed by atoms with Gasteiger partial charge in [0.1, 0.15) is 6.54 Å². The first-order valence-corrected chi connectivity index (χ1v) is 11.0. The summed E-state index contributed by atoms with van der Waals surface area (Å²) in [5, 5.41) is 11.2. The maximum absolute atomic E-state index is 12.3. The normalized spacial score (nSPS) is 11.0. The summed E-state index contributed by atoms with van der Waals surface area (Å²) in [5.41, 5.74) is 1.63. The van der Waals surface area contributed by atoms with Crippen LogP contribution in [0.2, 0.25) is 0 Å². The van der Waals surface area contributed by atoms with E-state index in [1.165, 1.54) is 17.8 Å². The fourth-order valence-electron chi connectivity index (χ4n) is 3.00. The smallest absolute Gasteiger partial charge is 0.239 e. The van der Waals surface area contributed by atoms with E-state index >= 15 is 0 Å². The number of H-pyrrole nitrogens is 1. The lowest BCUT2D eigenvalue weighted by atomic mass is 10.2. The second-order valence-corrected chi connectivity index (χ2v) is 8.48. The van der Waals surface area contributed by atoms with E-state index in [1.54, 1.807) is 16.8 Å². The number of benzene rings is 2. The van der Waals surface area contributed by atoms with E-state index in [0.29, 0.717) is 22.8 Å². The maximum Gasteiger partial charge on any atom is 0.239 e. The Kier molecular flexibility index (Phi) is 6.29. The number of amides is 1. The monoisotopic (exact) mass is 483 g/mol. The lowest BCUT2D eigenvalue weighted by Crippen LogP contribution is -2.29. The number of fused-ring (bicyclic) bond motifs is 1. The predicted octanol–water partition coefficient (Wildman–Crippen LogP) is 3.46. The van der Waals surface area contributed by atoms with Crippen LogP contribution in [-0.2, 0) is 11.3 Å². The molecule has 0 fully saturated rings. The van der Waals surface area contributed by atoms with Crippen LogP contribution < -0.4 is 10.7 Å². The van der Waals surface area contributed by atoms with E-state index in [2.05, 4.69) is 36.4 Å². The van der Waals surface area contributed by atoms with E-state index in [-0.39, 0.29) is 17.9 Å². The Labute approximate surface area is 185 Å². The van der Waals surface area contributed by atoms with Gasteiger partial charge in [-0.25, -0.2) is 4.98 Å². The van der Waals surface area contributed by atoms with Crippen molar-refractivity contribution in [2.45, 2.75) is 11.7 Å². The van der Waals surface area contributed by atoms with E-state index < -0.39 is 0 Å². The lowest BCUT2D eigenvalue weighted by Gasteiger charge is -2.11. The van der Waals surface area contributed by atoms with Gasteiger partial charge in [-0.3, -0.25) is 14.7 Å². The van der Waals surface area contributed by atoms with Gasteiger partial charge in [0.15, 0.2) is 11.3 Å². The number of halogens is 1. The molecule has 2 heterocycles. The summed E-state index contributed by atoms with van der Waals surface area (Å²) in [5.74, 6) is 1.25. The maximum atomic E-state index is 12.3. The molecule has 2 N–H and O–H groups in total. The lowest BCUT2D eigenvalue weighted by molar-refractivity contribution is -0.121. The van der Waals surface area contributed by atoms with Crippen molar-refractivity contribution < 1.29 is 4.79 Å². The molecule has 0 aliphatic heterocycles. The quantitative estimate of drug-likeness (QED) is 0.310. The van der Waals surface area contributed by atoms with Crippen LogP contribution in [0.3, 0.4) is 0 Å². The van der Waals surface area contributed by atoms with Crippen molar-refractivity contribution in [3.8, 4) is 11.4 Å². The first kappa shape index (κ1) is 20.4. The summed E-state index contributed by atoms with van der Waals surface area (Å²) in [7, 11) is 0. The highest BCUT2D eigenvalue weighted by atomic mass is 79.9. The minimum Gasteiger partial charge on any atom is -0.354 e. The molecule has 0 atom stereocenters. The number of aromatic nitrogens is 4. The van der Waals surface area contributed by atoms with Crippen LogP contribution in [0.25, 0.3) is 22.3 Å². The SMILES string of the molecule is O=C(Cn1ccc(=O)c2cc(Br)ccc21)NCCSc1n[nH]c(-c2ccccc2)n1. The molecule has 0 aliphatic rings. The highest BCUT2D eigenvalue weighted by Crippen LogP contribution is 2.19. The topological polar surface area (TPSA) is 92.7 Å². The Morgan fingerprint density at radius 1 is 1.17 bits per heavy atom. The van der Waals surface area contributed by atoms with Crippen LogP contribution >= 0.6 is 27.7 Å². The molecule has 152 valence electrons. The van der Waals surface area contributed by atoms with Crippen molar-refractivity contribution in [2.24, 2.45) is 0 Å². The fourth-order valence-corrected chi connectivity index (χ4v) is 4.01. The molecule has 7 nitrogen and oxygen atoms in total. The average molecular weight is 484 g/mol. The summed E-state index contributed by atoms with van der Waals surface area (Å²) in [6, 6.07) is 16.7. The number of carbonyl (C=O) groups is 1. The highest BCUT2D eigenvalue weighted by Gasteiger charge is 2.09. The molecule has 30 heavy (non-hydrogen) atoms. The third-order valence-corrected chi connectivity index (χ3v) is 5.76. The van der Waals surface area contributed by atoms with Crippen LogP contribution in [0.5, 0.6) is 0 Å². The van der Waals surface area contributed by atoms with Crippen LogP contribution in [-0.4, -0.2) is 38.0 Å². The molecule has 0 bridgehead atoms. The Hall–Kier alpha value is -2.91. The molecular formula is C21H18BrN5O2S. The van der Waals surface area contributed by atoms with Gasteiger partial charge in [0.25, 0.3) is 0 Å². The second-order valence-electron chi connectivity index (χ2n) is 6.50. The number of nitrogens with zero attached hydrogens (tertiary/aromatic N) is 3. The van der Waals surface area contributed by atoms with Crippen molar-refractivity contribution in [3.63, 3.8) is 0 Å². The molecule has 0 saturated heterocycles. The minimum absolute atomic E-state index is 0.0688. The predicted molar refractivity (Wildman–Crippen MR) is 121 cm³/mol. The third kappa shape index (κ3) is 4.80. The molecule has 2 aromatic heterocycles. The Balaban J connectivity index is 1.30. The highest BCUT2D eigenvalue weighted by molar-refractivity contribution is 9.10. The van der Waals surface area contributed by atoms with E-state index in [4.69, 9.17) is 0 Å². The van der Waals surface area contributed by atoms with Gasteiger partial charge in [0, 0.05) is 40.0 Å². The van der Waals surface area contributed by atoms with Gasteiger partial charge in [-0.1, -0.05) is 58.0 Å². The van der Waals surface area contributed by atoms with E-state index in [9.17, 15) is 9.59 Å². The largest absolute Gasteiger partial charge is 0.354 e. The molecule has 0 saturated carbocycles. The van der Waals surface area contributed by atoms with Crippen molar-refractivity contribution in [2.75, 3.05) is 12.3 Å². The molecule has 4 aromatic rings. The molecule has 0 unspecified atom stereocenters. The summed E-state index contributed by atoms with van der Waals surface area (Å²) < 4.78 is 2.60. The minimum atomic E-state index is -0.122. The van der Waals surface area contributed by atoms with Crippen LogP contribution in [0.4, 0.5) is 0 Å². The Morgan fingerprint density at radius 2 is 2.00 bits per heavy atom. The number of carbonyl (C=O) groups excluding carboxylic acids is 1. The third-order valence-electron chi connectivity index (χ3n) is 4.42. The van der Waals surface area contributed by atoms with Gasteiger partial charge in [-0.05, 0) is 18.2 Å². The number of pyridine rings is 1. The average Bonchev–Trinajstić information content (AvgIpc) is 3.23. The van der Waals surface area contributed by atoms with Crippen molar-refractivity contribution >= 4 is 44.5 Å². The van der Waals surface area contributed by atoms with Gasteiger partial charge >= 0.3 is 0 Å². The van der Waals surface area contributed by atoms with Crippen LogP contribution in [0.1, 0.15) is 0 Å². The Morgan fingerprint density at radius 3 is 2.83 bits per heavy atom.